The van der Waals surface area contributed by atoms with Crippen molar-refractivity contribution < 1.29 is 35.1 Å². The molecule has 0 amide bonds. The predicted octanol–water partition coefficient (Wildman–Crippen LogP) is 9.07. The minimum Gasteiger partial charge on any atom is -0.748 e. The molecule has 0 unspecified atom stereocenters. The molecule has 2 aromatic heterocycles. The summed E-state index contributed by atoms with van der Waals surface area (Å²) in [6, 6.07) is 0. The second kappa shape index (κ2) is 33.8. The molecule has 0 aliphatic carbocycles. The Kier molecular flexibility index (Phi) is 32.6. The lowest BCUT2D eigenvalue weighted by atomic mass is 10.1. The average Bonchev–Trinajstić information content (AvgIpc) is 3.72. The predicted molar refractivity (Wildman–Crippen MR) is 212 cm³/mol. The molecule has 0 bridgehead atoms. The maximum absolute atomic E-state index is 9.08. The third-order valence-corrected chi connectivity index (χ3v) is 9.11. The van der Waals surface area contributed by atoms with Crippen LogP contribution in [0.1, 0.15) is 181 Å². The average molecular weight is 775 g/mol. The standard InChI is InChI=1S/C38H72N4.2CH4O3S/c1-3-5-7-9-11-13-17-21-25-29-39-33-35-41(37-39)31-27-23-19-15-16-20-24-28-32-42-36-34-40(38-42)30-26-22-18-14-12-10-8-6-4-2;2*1-5(2,3)4/h33-38H,3-32H2,1-2H3;2*1H3,(H,2,3,4)/q+2;;/p-2. The van der Waals surface area contributed by atoms with E-state index in [0.29, 0.717) is 12.5 Å². The van der Waals surface area contributed by atoms with Crippen LogP contribution in [0.15, 0.2) is 37.4 Å². The van der Waals surface area contributed by atoms with Crippen LogP contribution in [-0.2, 0) is 46.4 Å². The number of rotatable bonds is 31. The Morgan fingerprint density at radius 1 is 0.423 bits per heavy atom. The number of unbranched alkanes of at least 4 members (excludes halogenated alkanes) is 23. The zero-order chi connectivity index (χ0) is 38.8. The topological polar surface area (TPSA) is 132 Å². The molecule has 0 saturated carbocycles. The van der Waals surface area contributed by atoms with Gasteiger partial charge < -0.3 is 9.11 Å². The van der Waals surface area contributed by atoms with E-state index in [1.54, 1.807) is 0 Å². The first-order valence-corrected chi connectivity index (χ1v) is 24.4. The van der Waals surface area contributed by atoms with Crippen molar-refractivity contribution in [2.75, 3.05) is 12.5 Å². The fourth-order valence-corrected chi connectivity index (χ4v) is 6.27. The molecule has 2 heterocycles. The first-order chi connectivity index (χ1) is 24.8. The lowest BCUT2D eigenvalue weighted by Crippen LogP contribution is -2.30. The fraction of sp³-hybridized carbons (Fsp3) is 0.850. The SMILES string of the molecule is CCCCCCCCCCC[n+]1ccn(CCCCCCCCCCn2cc[n+](CCCCCCCCCCC)c2)c1.CS(=O)(=O)[O-].CS(=O)(=O)[O-]. The third-order valence-electron chi connectivity index (χ3n) is 9.11. The molecule has 2 rings (SSSR count). The first kappa shape index (κ1) is 50.2. The van der Waals surface area contributed by atoms with Gasteiger partial charge in [0.25, 0.3) is 0 Å². The van der Waals surface area contributed by atoms with Crippen molar-refractivity contribution in [3.05, 3.63) is 37.4 Å². The summed E-state index contributed by atoms with van der Waals surface area (Å²) in [5.41, 5.74) is 0. The van der Waals surface area contributed by atoms with Gasteiger partial charge in [-0.2, -0.15) is 0 Å². The molecule has 0 radical (unpaired) electrons. The zero-order valence-corrected chi connectivity index (χ0v) is 35.4. The van der Waals surface area contributed by atoms with Crippen LogP contribution < -0.4 is 9.13 Å². The highest BCUT2D eigenvalue weighted by atomic mass is 32.2. The van der Waals surface area contributed by atoms with Crippen LogP contribution >= 0.6 is 0 Å². The molecule has 52 heavy (non-hydrogen) atoms. The Balaban J connectivity index is 0.00000228. The van der Waals surface area contributed by atoms with Crippen molar-refractivity contribution in [2.24, 2.45) is 0 Å². The Labute approximate surface area is 320 Å². The van der Waals surface area contributed by atoms with Gasteiger partial charge >= 0.3 is 0 Å². The van der Waals surface area contributed by atoms with Gasteiger partial charge in [-0.25, -0.2) is 35.1 Å². The Morgan fingerprint density at radius 3 is 0.923 bits per heavy atom. The van der Waals surface area contributed by atoms with Crippen molar-refractivity contribution in [1.82, 2.24) is 9.13 Å². The monoisotopic (exact) mass is 775 g/mol. The molecule has 2 aromatic rings. The second-order valence-corrected chi connectivity index (χ2v) is 17.5. The second-order valence-electron chi connectivity index (χ2n) is 14.7. The smallest absolute Gasteiger partial charge is 0.243 e. The van der Waals surface area contributed by atoms with E-state index in [4.69, 9.17) is 25.9 Å². The molecule has 306 valence electrons. The van der Waals surface area contributed by atoms with Crippen molar-refractivity contribution in [1.29, 1.82) is 0 Å². The molecule has 0 aliphatic heterocycles. The number of hydrogen-bond acceptors (Lipinski definition) is 6. The summed E-state index contributed by atoms with van der Waals surface area (Å²) < 4.78 is 64.0. The molecule has 12 heteroatoms. The van der Waals surface area contributed by atoms with Crippen molar-refractivity contribution >= 4 is 20.2 Å². The molecule has 0 spiro atoms. The summed E-state index contributed by atoms with van der Waals surface area (Å²) in [6.07, 6.45) is 51.3. The quantitative estimate of drug-likeness (QED) is 0.0427. The van der Waals surface area contributed by atoms with Crippen molar-refractivity contribution in [3.63, 3.8) is 0 Å². The number of aryl methyl sites for hydroxylation is 4. The molecule has 0 aromatic carbocycles. The van der Waals surface area contributed by atoms with Gasteiger partial charge in [0.1, 0.15) is 24.8 Å². The van der Waals surface area contributed by atoms with Crippen molar-refractivity contribution in [3.8, 4) is 0 Å². The molecule has 10 nitrogen and oxygen atoms in total. The molecular weight excluding hydrogens is 697 g/mol. The van der Waals surface area contributed by atoms with Gasteiger partial charge in [0.2, 0.25) is 12.7 Å². The van der Waals surface area contributed by atoms with Gasteiger partial charge in [-0.1, -0.05) is 129 Å². The maximum Gasteiger partial charge on any atom is 0.243 e. The number of imidazole rings is 2. The largest absolute Gasteiger partial charge is 0.748 e. The normalized spacial score (nSPS) is 11.6. The van der Waals surface area contributed by atoms with E-state index in [-0.39, 0.29) is 0 Å². The van der Waals surface area contributed by atoms with Gasteiger partial charge in [0, 0.05) is 12.5 Å². The van der Waals surface area contributed by atoms with Crippen LogP contribution in [0.25, 0.3) is 0 Å². The summed E-state index contributed by atoms with van der Waals surface area (Å²) in [4.78, 5) is 0. The number of aromatic nitrogens is 4. The third kappa shape index (κ3) is 41.0. The summed E-state index contributed by atoms with van der Waals surface area (Å²) in [5.74, 6) is 0. The Hall–Kier alpha value is -1.76. The summed E-state index contributed by atoms with van der Waals surface area (Å²) in [7, 11) is -7.83. The minimum absolute atomic E-state index is 0.604. The highest BCUT2D eigenvalue weighted by Gasteiger charge is 2.05. The minimum atomic E-state index is -3.92. The summed E-state index contributed by atoms with van der Waals surface area (Å²) in [5, 5.41) is 0. The van der Waals surface area contributed by atoms with E-state index >= 15 is 0 Å². The van der Waals surface area contributed by atoms with Crippen LogP contribution in [0, 0.1) is 0 Å². The molecule has 0 saturated heterocycles. The van der Waals surface area contributed by atoms with E-state index in [1.807, 2.05) is 0 Å². The van der Waals surface area contributed by atoms with E-state index < -0.39 is 20.2 Å². The van der Waals surface area contributed by atoms with Crippen LogP contribution in [0.4, 0.5) is 0 Å². The van der Waals surface area contributed by atoms with Gasteiger partial charge in [-0.15, -0.1) is 0 Å². The van der Waals surface area contributed by atoms with Gasteiger partial charge in [-0.05, 0) is 51.4 Å². The van der Waals surface area contributed by atoms with Crippen LogP contribution in [0.2, 0.25) is 0 Å². The Bertz CT molecular complexity index is 1160. The van der Waals surface area contributed by atoms with E-state index in [0.717, 1.165) is 0 Å². The maximum atomic E-state index is 9.08. The lowest BCUT2D eigenvalue weighted by Gasteiger charge is -2.02. The summed E-state index contributed by atoms with van der Waals surface area (Å²) >= 11 is 0. The molecule has 0 aliphatic rings. The van der Waals surface area contributed by atoms with Gasteiger partial charge in [0.15, 0.2) is 0 Å². The van der Waals surface area contributed by atoms with Crippen LogP contribution in [0.5, 0.6) is 0 Å². The van der Waals surface area contributed by atoms with Gasteiger partial charge in [-0.3, -0.25) is 0 Å². The van der Waals surface area contributed by atoms with Crippen molar-refractivity contribution in [2.45, 2.75) is 207 Å². The zero-order valence-electron chi connectivity index (χ0n) is 33.7. The molecule has 0 fully saturated rings. The fourth-order valence-electron chi connectivity index (χ4n) is 6.27. The number of hydrogen-bond donors (Lipinski definition) is 0. The highest BCUT2D eigenvalue weighted by Crippen LogP contribution is 2.12. The van der Waals surface area contributed by atoms with Crippen LogP contribution in [-0.4, -0.2) is 47.6 Å². The highest BCUT2D eigenvalue weighted by molar-refractivity contribution is 7.85. The molecule has 0 N–H and O–H groups in total. The summed E-state index contributed by atoms with van der Waals surface area (Å²) in [6.45, 7) is 9.33. The lowest BCUT2D eigenvalue weighted by molar-refractivity contribution is -0.697. The Morgan fingerprint density at radius 2 is 0.654 bits per heavy atom. The van der Waals surface area contributed by atoms with E-state index in [1.165, 1.54) is 193 Å². The van der Waals surface area contributed by atoms with E-state index in [9.17, 15) is 0 Å². The number of nitrogens with zero attached hydrogens (tertiary/aromatic N) is 4. The van der Waals surface area contributed by atoms with Gasteiger partial charge in [0.05, 0.1) is 46.4 Å². The van der Waals surface area contributed by atoms with E-state index in [2.05, 4.69) is 69.6 Å². The van der Waals surface area contributed by atoms with Crippen LogP contribution in [0.3, 0.4) is 0 Å². The first-order valence-electron chi connectivity index (χ1n) is 20.7. The molecular formula is C40H78N4O6S2. The molecule has 0 atom stereocenters.